The van der Waals surface area contributed by atoms with E-state index in [0.29, 0.717) is 0 Å². The predicted molar refractivity (Wildman–Crippen MR) is 92.2 cm³/mol. The molecule has 1 aliphatic heterocycles. The van der Waals surface area contributed by atoms with Crippen molar-refractivity contribution >= 4 is 17.2 Å². The predicted octanol–water partition coefficient (Wildman–Crippen LogP) is 4.48. The van der Waals surface area contributed by atoms with Gasteiger partial charge in [0.15, 0.2) is 0 Å². The van der Waals surface area contributed by atoms with E-state index in [1.165, 1.54) is 51.8 Å². The molecule has 4 aliphatic carbocycles. The Bertz CT molecular complexity index is 826. The Morgan fingerprint density at radius 2 is 2.00 bits per heavy atom. The average Bonchev–Trinajstić information content (AvgIpc) is 2.81. The highest BCUT2D eigenvalue weighted by Gasteiger charge is 2.55. The molecular weight excluding hydrogens is 290 g/mol. The lowest BCUT2D eigenvalue weighted by Crippen LogP contribution is -2.46. The van der Waals surface area contributed by atoms with Gasteiger partial charge in [0.05, 0.1) is 10.9 Å². The number of rotatable bonds is 0. The maximum absolute atomic E-state index is 6.62. The van der Waals surface area contributed by atoms with Gasteiger partial charge in [0.25, 0.3) is 0 Å². The van der Waals surface area contributed by atoms with Crippen LogP contribution in [-0.4, -0.2) is 23.9 Å². The molecule has 0 N–H and O–H groups in total. The molecule has 2 heteroatoms. The molecule has 0 saturated heterocycles. The van der Waals surface area contributed by atoms with Gasteiger partial charge in [0.2, 0.25) is 0 Å². The van der Waals surface area contributed by atoms with Gasteiger partial charge in [0, 0.05) is 6.54 Å². The van der Waals surface area contributed by atoms with Crippen LogP contribution in [0.25, 0.3) is 5.57 Å². The maximum atomic E-state index is 6.62. The van der Waals surface area contributed by atoms with E-state index >= 15 is 0 Å². The van der Waals surface area contributed by atoms with Crippen LogP contribution in [0.4, 0.5) is 0 Å². The number of aryl methyl sites for hydroxylation is 2. The fourth-order valence-electron chi connectivity index (χ4n) is 5.10. The lowest BCUT2D eigenvalue weighted by atomic mass is 9.60. The van der Waals surface area contributed by atoms with Crippen molar-refractivity contribution in [2.24, 2.45) is 0 Å². The molecule has 6 rings (SSSR count). The number of benzene rings is 1. The van der Waals surface area contributed by atoms with E-state index in [-0.39, 0.29) is 10.9 Å². The molecule has 0 fully saturated rings. The zero-order chi connectivity index (χ0) is 15.2. The normalized spacial score (nSPS) is 31.9. The summed E-state index contributed by atoms with van der Waals surface area (Å²) in [6.07, 6.45) is 6.85. The van der Waals surface area contributed by atoms with E-state index in [1.807, 2.05) is 0 Å². The van der Waals surface area contributed by atoms with E-state index in [9.17, 15) is 0 Å². The Kier molecular flexibility index (Phi) is 2.37. The first-order chi connectivity index (χ1) is 10.5. The number of alkyl halides is 1. The van der Waals surface area contributed by atoms with Crippen molar-refractivity contribution < 1.29 is 0 Å². The summed E-state index contributed by atoms with van der Waals surface area (Å²) in [4.78, 5) is 2.55. The standard InChI is InChI=1S/C20H20ClN/c1-11-8-15-13-6-7-20(17(15)9-12(11)2)19-14(13)4-5-18(21)16(19)10-22(20)3/h4-5,8-9,18H,6-7,10H2,1-3H3. The number of hydrogen-bond acceptors (Lipinski definition) is 1. The average molecular weight is 310 g/mol. The largest absolute Gasteiger partial charge is 0.289 e. The summed E-state index contributed by atoms with van der Waals surface area (Å²) < 4.78 is 0. The summed E-state index contributed by atoms with van der Waals surface area (Å²) >= 11 is 6.62. The lowest BCUT2D eigenvalue weighted by molar-refractivity contribution is 0.177. The molecule has 1 aromatic rings. The van der Waals surface area contributed by atoms with E-state index in [1.54, 1.807) is 5.57 Å². The summed E-state index contributed by atoms with van der Waals surface area (Å²) in [5.41, 5.74) is 11.9. The first-order valence-corrected chi connectivity index (χ1v) is 8.60. The Hall–Kier alpha value is -1.31. The first-order valence-electron chi connectivity index (χ1n) is 8.16. The van der Waals surface area contributed by atoms with Crippen molar-refractivity contribution in [1.29, 1.82) is 0 Å². The molecule has 1 aromatic carbocycles. The third-order valence-electron chi connectivity index (χ3n) is 6.29. The highest BCUT2D eigenvalue weighted by Crippen LogP contribution is 2.62. The van der Waals surface area contributed by atoms with E-state index < -0.39 is 0 Å². The quantitative estimate of drug-likeness (QED) is 0.639. The smallest absolute Gasteiger partial charge is 0.0748 e. The maximum Gasteiger partial charge on any atom is 0.0748 e. The van der Waals surface area contributed by atoms with E-state index in [2.05, 4.69) is 50.1 Å². The van der Waals surface area contributed by atoms with Crippen LogP contribution >= 0.6 is 11.6 Å². The number of nitrogens with zero attached hydrogens (tertiary/aromatic N) is 1. The summed E-state index contributed by atoms with van der Waals surface area (Å²) in [6.45, 7) is 5.46. The third kappa shape index (κ3) is 1.28. The van der Waals surface area contributed by atoms with Crippen molar-refractivity contribution in [3.63, 3.8) is 0 Å². The van der Waals surface area contributed by atoms with Crippen LogP contribution in [0.5, 0.6) is 0 Å². The van der Waals surface area contributed by atoms with Gasteiger partial charge in [-0.05, 0) is 78.3 Å². The van der Waals surface area contributed by atoms with Gasteiger partial charge in [0.1, 0.15) is 0 Å². The molecule has 22 heavy (non-hydrogen) atoms. The topological polar surface area (TPSA) is 3.24 Å². The third-order valence-corrected chi connectivity index (χ3v) is 6.70. The molecule has 1 nitrogen and oxygen atoms in total. The van der Waals surface area contributed by atoms with Gasteiger partial charge in [-0.15, -0.1) is 11.6 Å². The highest BCUT2D eigenvalue weighted by molar-refractivity contribution is 6.24. The van der Waals surface area contributed by atoms with Crippen molar-refractivity contribution in [3.8, 4) is 0 Å². The number of halogens is 1. The second-order valence-corrected chi connectivity index (χ2v) is 7.72. The van der Waals surface area contributed by atoms with Crippen LogP contribution in [-0.2, 0) is 5.54 Å². The minimum Gasteiger partial charge on any atom is -0.289 e. The summed E-state index contributed by atoms with van der Waals surface area (Å²) in [5.74, 6) is 0. The molecule has 1 heterocycles. The molecule has 0 radical (unpaired) electrons. The lowest BCUT2D eigenvalue weighted by Gasteiger charge is -2.50. The fraction of sp³-hybridized carbons (Fsp3) is 0.400. The monoisotopic (exact) mass is 309 g/mol. The van der Waals surface area contributed by atoms with Gasteiger partial charge >= 0.3 is 0 Å². The number of likely N-dealkylation sites (N-methyl/N-ethyl adjacent to an activating group) is 1. The molecule has 1 spiro atoms. The summed E-state index contributed by atoms with van der Waals surface area (Å²) in [7, 11) is 2.27. The van der Waals surface area contributed by atoms with Crippen molar-refractivity contribution in [3.05, 3.63) is 63.3 Å². The van der Waals surface area contributed by atoms with Crippen molar-refractivity contribution in [2.75, 3.05) is 13.6 Å². The van der Waals surface area contributed by atoms with Crippen LogP contribution in [0.3, 0.4) is 0 Å². The molecule has 0 saturated carbocycles. The fourth-order valence-corrected chi connectivity index (χ4v) is 5.35. The molecule has 112 valence electrons. The van der Waals surface area contributed by atoms with Crippen LogP contribution < -0.4 is 0 Å². The number of allylic oxidation sites excluding steroid dienone is 3. The van der Waals surface area contributed by atoms with Gasteiger partial charge in [-0.25, -0.2) is 0 Å². The highest BCUT2D eigenvalue weighted by atomic mass is 35.5. The Morgan fingerprint density at radius 1 is 1.23 bits per heavy atom. The second kappa shape index (κ2) is 3.96. The molecule has 5 aliphatic rings. The molecule has 2 unspecified atom stereocenters. The molecule has 0 amide bonds. The van der Waals surface area contributed by atoms with Crippen molar-refractivity contribution in [2.45, 2.75) is 37.6 Å². The van der Waals surface area contributed by atoms with E-state index in [4.69, 9.17) is 11.6 Å². The van der Waals surface area contributed by atoms with Crippen LogP contribution in [0, 0.1) is 13.8 Å². The zero-order valence-corrected chi connectivity index (χ0v) is 14.1. The van der Waals surface area contributed by atoms with Crippen LogP contribution in [0.15, 0.2) is 41.0 Å². The van der Waals surface area contributed by atoms with E-state index in [0.717, 1.165) is 6.54 Å². The molecular formula is C20H20ClN. The molecule has 0 aromatic heterocycles. The number of fused-ring (bicyclic) bond motifs is 1. The Labute approximate surface area is 137 Å². The summed E-state index contributed by atoms with van der Waals surface area (Å²) in [5, 5.41) is 0.0653. The minimum absolute atomic E-state index is 0.0653. The van der Waals surface area contributed by atoms with Crippen molar-refractivity contribution in [1.82, 2.24) is 4.90 Å². The Morgan fingerprint density at radius 3 is 2.82 bits per heavy atom. The first kappa shape index (κ1) is 13.2. The molecule has 2 atom stereocenters. The zero-order valence-electron chi connectivity index (χ0n) is 13.3. The SMILES string of the molecule is Cc1cc2c(cc1C)C13CCC2=C2C=CC(Cl)C(=C21)CN3C. The minimum atomic E-state index is 0.0653. The summed E-state index contributed by atoms with van der Waals surface area (Å²) in [6, 6.07) is 4.85. The Balaban J connectivity index is 1.94. The number of hydrogen-bond donors (Lipinski definition) is 0. The van der Waals surface area contributed by atoms with Gasteiger partial charge in [-0.1, -0.05) is 24.3 Å². The van der Waals surface area contributed by atoms with Crippen LogP contribution in [0.1, 0.15) is 35.1 Å². The second-order valence-electron chi connectivity index (χ2n) is 7.25. The van der Waals surface area contributed by atoms with Gasteiger partial charge in [-0.2, -0.15) is 0 Å². The van der Waals surface area contributed by atoms with Crippen LogP contribution in [0.2, 0.25) is 0 Å². The van der Waals surface area contributed by atoms with Gasteiger partial charge < -0.3 is 0 Å². The molecule has 2 bridgehead atoms. The van der Waals surface area contributed by atoms with Gasteiger partial charge in [-0.3, -0.25) is 4.90 Å².